The summed E-state index contributed by atoms with van der Waals surface area (Å²) in [7, 11) is 0. The highest BCUT2D eigenvalue weighted by molar-refractivity contribution is 5.58. The molecule has 0 aliphatic heterocycles. The van der Waals surface area contributed by atoms with Crippen molar-refractivity contribution in [2.45, 2.75) is 31.8 Å². The van der Waals surface area contributed by atoms with Crippen molar-refractivity contribution in [1.82, 2.24) is 24.6 Å². The molecule has 152 valence electrons. The lowest BCUT2D eigenvalue weighted by Gasteiger charge is -2.15. The normalized spacial score (nSPS) is 16.3. The molecule has 0 spiro atoms. The summed E-state index contributed by atoms with van der Waals surface area (Å²) in [5.74, 6) is 0.453. The fraction of sp³-hybridized carbons (Fsp3) is 0.238. The Balaban J connectivity index is 1.63. The van der Waals surface area contributed by atoms with Crippen LogP contribution in [0.3, 0.4) is 0 Å². The monoisotopic (exact) mass is 403 g/mol. The molecule has 1 aromatic carbocycles. The Morgan fingerprint density at radius 2 is 2.10 bits per heavy atom. The number of aromatic nitrogens is 5. The van der Waals surface area contributed by atoms with Gasteiger partial charge in [-0.25, -0.2) is 9.78 Å². The Bertz CT molecular complexity index is 1380. The third kappa shape index (κ3) is 3.57. The molecule has 5 rings (SSSR count). The molecule has 9 heteroatoms. The molecule has 30 heavy (non-hydrogen) atoms. The van der Waals surface area contributed by atoms with Gasteiger partial charge in [-0.2, -0.15) is 9.61 Å². The highest BCUT2D eigenvalue weighted by atomic mass is 16.3. The standard InChI is InChI=1S/C21H21N7O2/c1-12(13-5-3-2-4-6-13)23-17-10-18(24-15-7-8-15)28-19(26-17)14(11-22-28)9-16-20(29)27-21(30)25-16/h2-6,9-12,15,23,29H,7-8H2,1H3,(H2,25,27,30)/b14-9-,24-18?/t12-/m1/s1. The molecule has 4 N–H and O–H groups in total. The number of fused-ring (bicyclic) bond motifs is 1. The van der Waals surface area contributed by atoms with Crippen molar-refractivity contribution >= 4 is 17.5 Å². The molecule has 1 atom stereocenters. The van der Waals surface area contributed by atoms with Crippen LogP contribution >= 0.6 is 0 Å². The lowest BCUT2D eigenvalue weighted by Crippen LogP contribution is -2.21. The largest absolute Gasteiger partial charge is 0.493 e. The Kier molecular flexibility index (Phi) is 4.35. The van der Waals surface area contributed by atoms with E-state index in [0.717, 1.165) is 23.9 Å². The van der Waals surface area contributed by atoms with Crippen molar-refractivity contribution in [2.75, 3.05) is 5.32 Å². The predicted octanol–water partition coefficient (Wildman–Crippen LogP) is 1.24. The van der Waals surface area contributed by atoms with Crippen LogP contribution in [0.25, 0.3) is 11.7 Å². The topological polar surface area (TPSA) is 123 Å². The average Bonchev–Trinajstić information content (AvgIpc) is 3.37. The lowest BCUT2D eigenvalue weighted by atomic mass is 10.1. The molecule has 3 heterocycles. The van der Waals surface area contributed by atoms with Gasteiger partial charge in [0.25, 0.3) is 0 Å². The minimum atomic E-state index is -0.480. The summed E-state index contributed by atoms with van der Waals surface area (Å²) in [6.45, 7) is 2.07. The van der Waals surface area contributed by atoms with Gasteiger partial charge in [-0.3, -0.25) is 9.98 Å². The molecule has 1 saturated carbocycles. The van der Waals surface area contributed by atoms with Crippen LogP contribution in [-0.2, 0) is 0 Å². The number of anilines is 1. The molecule has 0 amide bonds. The Hall–Kier alpha value is -3.88. The van der Waals surface area contributed by atoms with E-state index in [0.29, 0.717) is 22.7 Å². The maximum atomic E-state index is 11.4. The zero-order valence-electron chi connectivity index (χ0n) is 16.3. The molecule has 0 bridgehead atoms. The molecular formula is C21H21N7O2. The molecule has 3 aromatic heterocycles. The Morgan fingerprint density at radius 1 is 1.30 bits per heavy atom. The predicted molar refractivity (Wildman–Crippen MR) is 112 cm³/mol. The lowest BCUT2D eigenvalue weighted by molar-refractivity contribution is 0.454. The summed E-state index contributed by atoms with van der Waals surface area (Å²) >= 11 is 0. The quantitative estimate of drug-likeness (QED) is 0.399. The number of hydrogen-bond acceptors (Lipinski definition) is 6. The van der Waals surface area contributed by atoms with Crippen molar-refractivity contribution in [3.05, 3.63) is 75.0 Å². The number of hydrogen-bond donors (Lipinski definition) is 4. The van der Waals surface area contributed by atoms with E-state index >= 15 is 0 Å². The number of aromatic hydroxyl groups is 1. The van der Waals surface area contributed by atoms with E-state index < -0.39 is 5.69 Å². The molecule has 0 unspecified atom stereocenters. The second-order valence-corrected chi connectivity index (χ2v) is 7.46. The van der Waals surface area contributed by atoms with Gasteiger partial charge in [-0.15, -0.1) is 0 Å². The zero-order chi connectivity index (χ0) is 20.7. The smallest absolute Gasteiger partial charge is 0.326 e. The van der Waals surface area contributed by atoms with Crippen molar-refractivity contribution in [3.8, 4) is 5.88 Å². The number of benzene rings is 1. The molecule has 9 nitrogen and oxygen atoms in total. The van der Waals surface area contributed by atoms with Gasteiger partial charge in [0.2, 0.25) is 5.88 Å². The summed E-state index contributed by atoms with van der Waals surface area (Å²) < 4.78 is 1.68. The van der Waals surface area contributed by atoms with Gasteiger partial charge in [-0.05, 0) is 31.4 Å². The van der Waals surface area contributed by atoms with Crippen molar-refractivity contribution in [1.29, 1.82) is 0 Å². The first-order chi connectivity index (χ1) is 14.6. The summed E-state index contributed by atoms with van der Waals surface area (Å²) in [5, 5.41) is 18.4. The molecular weight excluding hydrogens is 382 g/mol. The molecule has 1 aliphatic carbocycles. The van der Waals surface area contributed by atoms with E-state index in [-0.39, 0.29) is 17.6 Å². The SMILES string of the molecule is C[C@@H](Nc1cc(=NC2CC2)n2nc/c(=C/c3[nH]c(=O)[nH]c3O)c2n1)c1ccccc1. The number of rotatable bonds is 5. The maximum absolute atomic E-state index is 11.4. The number of aromatic amines is 2. The Morgan fingerprint density at radius 3 is 2.80 bits per heavy atom. The number of nitrogens with zero attached hydrogens (tertiary/aromatic N) is 4. The van der Waals surface area contributed by atoms with Gasteiger partial charge in [-0.1, -0.05) is 30.3 Å². The Labute approximate surface area is 170 Å². The number of nitrogens with one attached hydrogen (secondary N) is 3. The van der Waals surface area contributed by atoms with E-state index in [1.807, 2.05) is 24.3 Å². The highest BCUT2D eigenvalue weighted by Crippen LogP contribution is 2.23. The van der Waals surface area contributed by atoms with Crippen molar-refractivity contribution in [2.24, 2.45) is 4.99 Å². The van der Waals surface area contributed by atoms with Crippen molar-refractivity contribution in [3.63, 3.8) is 0 Å². The second kappa shape index (κ2) is 7.18. The van der Waals surface area contributed by atoms with Crippen LogP contribution in [0.15, 0.2) is 52.4 Å². The van der Waals surface area contributed by atoms with Crippen LogP contribution in [0.2, 0.25) is 0 Å². The maximum Gasteiger partial charge on any atom is 0.326 e. The highest BCUT2D eigenvalue weighted by Gasteiger charge is 2.20. The van der Waals surface area contributed by atoms with Gasteiger partial charge >= 0.3 is 5.69 Å². The molecule has 0 radical (unpaired) electrons. The minimum absolute atomic E-state index is 0.0512. The van der Waals surface area contributed by atoms with Crippen LogP contribution in [0.1, 0.15) is 37.1 Å². The van der Waals surface area contributed by atoms with E-state index in [1.54, 1.807) is 16.8 Å². The van der Waals surface area contributed by atoms with Crippen LogP contribution < -0.4 is 21.7 Å². The molecule has 4 aromatic rings. The first-order valence-electron chi connectivity index (χ1n) is 9.84. The van der Waals surface area contributed by atoms with E-state index in [9.17, 15) is 9.90 Å². The van der Waals surface area contributed by atoms with E-state index in [1.165, 1.54) is 0 Å². The van der Waals surface area contributed by atoms with Gasteiger partial charge in [0.1, 0.15) is 11.5 Å². The summed E-state index contributed by atoms with van der Waals surface area (Å²) in [6.07, 6.45) is 5.43. The van der Waals surface area contributed by atoms with E-state index in [2.05, 4.69) is 39.4 Å². The fourth-order valence-corrected chi connectivity index (χ4v) is 3.32. The van der Waals surface area contributed by atoms with Crippen LogP contribution in [0.4, 0.5) is 5.82 Å². The molecule has 1 fully saturated rings. The fourth-order valence-electron chi connectivity index (χ4n) is 3.32. The first-order valence-corrected chi connectivity index (χ1v) is 9.84. The number of imidazole rings is 1. The first kappa shape index (κ1) is 18.2. The second-order valence-electron chi connectivity index (χ2n) is 7.46. The van der Waals surface area contributed by atoms with Crippen LogP contribution in [0.5, 0.6) is 5.88 Å². The van der Waals surface area contributed by atoms with Crippen LogP contribution in [0, 0.1) is 0 Å². The van der Waals surface area contributed by atoms with Gasteiger partial charge in [0.15, 0.2) is 11.1 Å². The summed E-state index contributed by atoms with van der Waals surface area (Å²) in [6, 6.07) is 12.4. The van der Waals surface area contributed by atoms with Gasteiger partial charge in [0, 0.05) is 17.3 Å². The minimum Gasteiger partial charge on any atom is -0.493 e. The average molecular weight is 403 g/mol. The number of H-pyrrole nitrogens is 2. The third-order valence-electron chi connectivity index (χ3n) is 5.04. The molecule has 1 aliphatic rings. The van der Waals surface area contributed by atoms with Gasteiger partial charge < -0.3 is 15.4 Å². The third-order valence-corrected chi connectivity index (χ3v) is 5.04. The summed E-state index contributed by atoms with van der Waals surface area (Å²) in [5.41, 5.74) is 2.24. The summed E-state index contributed by atoms with van der Waals surface area (Å²) in [4.78, 5) is 25.8. The molecule has 0 saturated heterocycles. The van der Waals surface area contributed by atoms with Crippen molar-refractivity contribution < 1.29 is 5.11 Å². The van der Waals surface area contributed by atoms with Crippen LogP contribution in [-0.4, -0.2) is 35.7 Å². The zero-order valence-corrected chi connectivity index (χ0v) is 16.3. The van der Waals surface area contributed by atoms with Gasteiger partial charge in [0.05, 0.1) is 12.2 Å². The van der Waals surface area contributed by atoms with E-state index in [4.69, 9.17) is 9.98 Å².